The number of likely N-dealkylation sites (N-methyl/N-ethyl adjacent to an activating group) is 1. The summed E-state index contributed by atoms with van der Waals surface area (Å²) in [6.07, 6.45) is 3.67. The van der Waals surface area contributed by atoms with Crippen LogP contribution in [-0.2, 0) is 0 Å². The molecule has 0 heterocycles. The van der Waals surface area contributed by atoms with Crippen LogP contribution in [0, 0.1) is 6.92 Å². The van der Waals surface area contributed by atoms with Crippen molar-refractivity contribution < 1.29 is 9.90 Å². The Hall–Kier alpha value is -1.55. The summed E-state index contributed by atoms with van der Waals surface area (Å²) in [4.78, 5) is 14.2. The molecule has 1 fully saturated rings. The van der Waals surface area contributed by atoms with Gasteiger partial charge in [-0.25, -0.2) is 0 Å². The summed E-state index contributed by atoms with van der Waals surface area (Å²) in [5, 5.41) is 13.5. The van der Waals surface area contributed by atoms with Gasteiger partial charge in [0.15, 0.2) is 0 Å². The Morgan fingerprint density at radius 1 is 1.40 bits per heavy atom. The van der Waals surface area contributed by atoms with E-state index in [4.69, 9.17) is 0 Å². The van der Waals surface area contributed by atoms with E-state index in [1.165, 1.54) is 0 Å². The quantitative estimate of drug-likeness (QED) is 0.888. The van der Waals surface area contributed by atoms with Crippen molar-refractivity contribution in [2.45, 2.75) is 38.2 Å². The summed E-state index contributed by atoms with van der Waals surface area (Å²) in [7, 11) is 3.58. The van der Waals surface area contributed by atoms with E-state index in [1.54, 1.807) is 11.9 Å². The predicted molar refractivity (Wildman–Crippen MR) is 81.1 cm³/mol. The lowest BCUT2D eigenvalue weighted by Gasteiger charge is -2.29. The van der Waals surface area contributed by atoms with Crippen molar-refractivity contribution in [1.29, 1.82) is 0 Å². The van der Waals surface area contributed by atoms with Gasteiger partial charge in [0.2, 0.25) is 0 Å². The number of benzene rings is 1. The van der Waals surface area contributed by atoms with Crippen molar-refractivity contribution in [2.75, 3.05) is 26.0 Å². The molecule has 0 unspecified atom stereocenters. The zero-order valence-corrected chi connectivity index (χ0v) is 12.6. The van der Waals surface area contributed by atoms with Crippen molar-refractivity contribution in [3.63, 3.8) is 0 Å². The van der Waals surface area contributed by atoms with Gasteiger partial charge in [0.05, 0.1) is 11.2 Å². The van der Waals surface area contributed by atoms with Gasteiger partial charge in [0.25, 0.3) is 5.91 Å². The number of aliphatic hydroxyl groups is 1. The molecule has 20 heavy (non-hydrogen) atoms. The molecule has 1 aromatic carbocycles. The van der Waals surface area contributed by atoms with Crippen LogP contribution >= 0.6 is 0 Å². The fraction of sp³-hybridized carbons (Fsp3) is 0.562. The summed E-state index contributed by atoms with van der Waals surface area (Å²) >= 11 is 0. The second-order valence-corrected chi connectivity index (χ2v) is 5.89. The predicted octanol–water partition coefficient (Wildman–Crippen LogP) is 2.41. The lowest BCUT2D eigenvalue weighted by molar-refractivity contribution is 0.0157. The molecule has 1 aliphatic rings. The Morgan fingerprint density at radius 3 is 2.65 bits per heavy atom. The molecule has 0 spiro atoms. The summed E-state index contributed by atoms with van der Waals surface area (Å²) in [6, 6.07) is 5.75. The van der Waals surface area contributed by atoms with Crippen LogP contribution in [-0.4, -0.2) is 42.2 Å². The molecule has 1 amide bonds. The minimum Gasteiger partial charge on any atom is -0.388 e. The van der Waals surface area contributed by atoms with Gasteiger partial charge in [-0.2, -0.15) is 0 Å². The van der Waals surface area contributed by atoms with Crippen LogP contribution in [0.25, 0.3) is 0 Å². The second-order valence-electron chi connectivity index (χ2n) is 5.89. The van der Waals surface area contributed by atoms with Crippen molar-refractivity contribution in [1.82, 2.24) is 4.90 Å². The van der Waals surface area contributed by atoms with Crippen molar-refractivity contribution >= 4 is 11.6 Å². The first-order valence-electron chi connectivity index (χ1n) is 7.21. The van der Waals surface area contributed by atoms with Gasteiger partial charge in [-0.05, 0) is 37.5 Å². The lowest BCUT2D eigenvalue weighted by Crippen LogP contribution is -2.42. The Morgan fingerprint density at radius 2 is 2.05 bits per heavy atom. The molecule has 0 aliphatic heterocycles. The van der Waals surface area contributed by atoms with E-state index >= 15 is 0 Å². The number of amides is 1. The molecule has 0 aromatic heterocycles. The SMILES string of the molecule is CNc1cc(C)ccc1C(=O)N(C)CC1(O)CCCC1. The largest absolute Gasteiger partial charge is 0.388 e. The van der Waals surface area contributed by atoms with Gasteiger partial charge in [0, 0.05) is 26.3 Å². The van der Waals surface area contributed by atoms with Crippen molar-refractivity contribution in [3.05, 3.63) is 29.3 Å². The minimum atomic E-state index is -0.699. The highest BCUT2D eigenvalue weighted by Crippen LogP contribution is 2.30. The molecule has 1 aliphatic carbocycles. The number of anilines is 1. The van der Waals surface area contributed by atoms with Crippen molar-refractivity contribution in [2.24, 2.45) is 0 Å². The fourth-order valence-electron chi connectivity index (χ4n) is 2.96. The van der Waals surface area contributed by atoms with E-state index in [2.05, 4.69) is 5.32 Å². The van der Waals surface area contributed by atoms with E-state index in [-0.39, 0.29) is 5.91 Å². The van der Waals surface area contributed by atoms with Crippen LogP contribution in [0.5, 0.6) is 0 Å². The lowest BCUT2D eigenvalue weighted by atomic mass is 10.0. The summed E-state index contributed by atoms with van der Waals surface area (Å²) < 4.78 is 0. The summed E-state index contributed by atoms with van der Waals surface area (Å²) in [5.74, 6) is -0.0466. The number of nitrogens with one attached hydrogen (secondary N) is 1. The van der Waals surface area contributed by atoms with E-state index in [0.717, 1.165) is 36.9 Å². The molecular weight excluding hydrogens is 252 g/mol. The highest BCUT2D eigenvalue weighted by molar-refractivity contribution is 5.99. The van der Waals surface area contributed by atoms with Crippen LogP contribution in [0.4, 0.5) is 5.69 Å². The highest BCUT2D eigenvalue weighted by Gasteiger charge is 2.33. The maximum atomic E-state index is 12.5. The van der Waals surface area contributed by atoms with Gasteiger partial charge in [0.1, 0.15) is 0 Å². The first kappa shape index (κ1) is 14.9. The van der Waals surface area contributed by atoms with Crippen LogP contribution in [0.1, 0.15) is 41.6 Å². The highest BCUT2D eigenvalue weighted by atomic mass is 16.3. The molecule has 4 heteroatoms. The van der Waals surface area contributed by atoms with Gasteiger partial charge < -0.3 is 15.3 Å². The monoisotopic (exact) mass is 276 g/mol. The smallest absolute Gasteiger partial charge is 0.255 e. The standard InChI is InChI=1S/C16H24N2O2/c1-12-6-7-13(14(10-12)17-2)15(19)18(3)11-16(20)8-4-5-9-16/h6-7,10,17,20H,4-5,8-9,11H2,1-3H3. The normalized spacial score (nSPS) is 17.0. The Balaban J connectivity index is 2.14. The zero-order chi connectivity index (χ0) is 14.8. The molecule has 2 rings (SSSR count). The minimum absolute atomic E-state index is 0.0466. The molecular formula is C16H24N2O2. The third kappa shape index (κ3) is 3.12. The molecule has 0 bridgehead atoms. The van der Waals surface area contributed by atoms with E-state index in [1.807, 2.05) is 32.2 Å². The van der Waals surface area contributed by atoms with Crippen molar-refractivity contribution in [3.8, 4) is 0 Å². The average molecular weight is 276 g/mol. The molecule has 2 N–H and O–H groups in total. The van der Waals surface area contributed by atoms with Crippen LogP contribution in [0.15, 0.2) is 18.2 Å². The molecule has 0 radical (unpaired) electrons. The van der Waals surface area contributed by atoms with Gasteiger partial charge in [-0.1, -0.05) is 18.9 Å². The van der Waals surface area contributed by atoms with E-state index in [9.17, 15) is 9.90 Å². The third-order valence-electron chi connectivity index (χ3n) is 4.09. The number of hydrogen-bond acceptors (Lipinski definition) is 3. The first-order valence-corrected chi connectivity index (χ1v) is 7.21. The molecule has 1 aromatic rings. The maximum absolute atomic E-state index is 12.5. The van der Waals surface area contributed by atoms with E-state index in [0.29, 0.717) is 12.1 Å². The first-order chi connectivity index (χ1) is 9.45. The molecule has 4 nitrogen and oxygen atoms in total. The van der Waals surface area contributed by atoms with E-state index < -0.39 is 5.60 Å². The third-order valence-corrected chi connectivity index (χ3v) is 4.09. The van der Waals surface area contributed by atoms with Gasteiger partial charge >= 0.3 is 0 Å². The fourth-order valence-corrected chi connectivity index (χ4v) is 2.96. The molecule has 1 saturated carbocycles. The zero-order valence-electron chi connectivity index (χ0n) is 12.6. The number of rotatable bonds is 4. The number of nitrogens with zero attached hydrogens (tertiary/aromatic N) is 1. The Kier molecular flexibility index (Phi) is 4.33. The van der Waals surface area contributed by atoms with Crippen LogP contribution in [0.2, 0.25) is 0 Å². The summed E-state index contributed by atoms with van der Waals surface area (Å²) in [6.45, 7) is 2.41. The molecule has 0 atom stereocenters. The molecule has 0 saturated heterocycles. The van der Waals surface area contributed by atoms with Gasteiger partial charge in [-0.3, -0.25) is 4.79 Å². The Labute approximate surface area is 120 Å². The molecule has 110 valence electrons. The topological polar surface area (TPSA) is 52.6 Å². The van der Waals surface area contributed by atoms with Gasteiger partial charge in [-0.15, -0.1) is 0 Å². The number of carbonyl (C=O) groups excluding carboxylic acids is 1. The second kappa shape index (κ2) is 5.83. The average Bonchev–Trinajstić information content (AvgIpc) is 2.84. The Bertz CT molecular complexity index is 493. The number of hydrogen-bond donors (Lipinski definition) is 2. The number of carbonyl (C=O) groups is 1. The summed E-state index contributed by atoms with van der Waals surface area (Å²) in [5.41, 5.74) is 1.90. The van der Waals surface area contributed by atoms with Crippen LogP contribution in [0.3, 0.4) is 0 Å². The number of aryl methyl sites for hydroxylation is 1. The van der Waals surface area contributed by atoms with Crippen LogP contribution < -0.4 is 5.32 Å². The maximum Gasteiger partial charge on any atom is 0.255 e.